The summed E-state index contributed by atoms with van der Waals surface area (Å²) in [6.07, 6.45) is 0.404. The summed E-state index contributed by atoms with van der Waals surface area (Å²) in [7, 11) is 1.46. The van der Waals surface area contributed by atoms with Crippen LogP contribution in [0.5, 0.6) is 5.75 Å². The highest BCUT2D eigenvalue weighted by Gasteiger charge is 2.19. The normalized spacial score (nSPS) is 11.5. The fraction of sp³-hybridized carbons (Fsp3) is 0.235. The van der Waals surface area contributed by atoms with Crippen molar-refractivity contribution in [2.24, 2.45) is 0 Å². The predicted octanol–water partition coefficient (Wildman–Crippen LogP) is 2.08. The van der Waals surface area contributed by atoms with Gasteiger partial charge in [0.1, 0.15) is 12.3 Å². The number of carbonyl (C=O) groups is 2. The number of aromatic nitrogens is 1. The van der Waals surface area contributed by atoms with Gasteiger partial charge in [0.15, 0.2) is 6.10 Å². The Bertz CT molecular complexity index is 834. The fourth-order valence-electron chi connectivity index (χ4n) is 2.03. The zero-order valence-corrected chi connectivity index (χ0v) is 14.4. The lowest BCUT2D eigenvalue weighted by Crippen LogP contribution is -2.32. The van der Waals surface area contributed by atoms with E-state index in [1.54, 1.807) is 24.3 Å². The van der Waals surface area contributed by atoms with Gasteiger partial charge in [0.25, 0.3) is 11.5 Å². The molecule has 1 heterocycles. The van der Waals surface area contributed by atoms with Crippen LogP contribution in [0.2, 0.25) is 5.02 Å². The molecule has 1 amide bonds. The van der Waals surface area contributed by atoms with Crippen molar-refractivity contribution in [2.75, 3.05) is 12.4 Å². The molecule has 25 heavy (non-hydrogen) atoms. The van der Waals surface area contributed by atoms with Gasteiger partial charge in [-0.25, -0.2) is 0 Å². The number of carbonyl (C=O) groups excluding carboxylic acids is 2. The Morgan fingerprint density at radius 2 is 2.04 bits per heavy atom. The average molecular weight is 365 g/mol. The molecule has 8 heteroatoms. The number of hydrogen-bond acceptors (Lipinski definition) is 5. The number of amides is 1. The quantitative estimate of drug-likeness (QED) is 0.793. The van der Waals surface area contributed by atoms with Crippen molar-refractivity contribution in [3.05, 3.63) is 58.0 Å². The zero-order chi connectivity index (χ0) is 18.4. The van der Waals surface area contributed by atoms with E-state index in [2.05, 4.69) is 5.32 Å². The first kappa shape index (κ1) is 18.5. The lowest BCUT2D eigenvalue weighted by Gasteiger charge is -2.15. The number of hydrogen-bond donors (Lipinski definition) is 1. The minimum atomic E-state index is -1.06. The molecule has 0 aliphatic rings. The van der Waals surface area contributed by atoms with Crippen molar-refractivity contribution in [3.63, 3.8) is 0 Å². The molecule has 1 N–H and O–H groups in total. The van der Waals surface area contributed by atoms with E-state index in [-0.39, 0.29) is 12.1 Å². The van der Waals surface area contributed by atoms with Gasteiger partial charge in [0.2, 0.25) is 0 Å². The van der Waals surface area contributed by atoms with Gasteiger partial charge < -0.3 is 19.4 Å². The molecule has 2 aromatic rings. The SMILES string of the molecule is COc1ccc(Cl)cc1NC(=O)[C@H](C)OC(=O)Cn1ccccc1=O. The van der Waals surface area contributed by atoms with Crippen LogP contribution in [0.15, 0.2) is 47.4 Å². The maximum Gasteiger partial charge on any atom is 0.326 e. The van der Waals surface area contributed by atoms with E-state index in [0.717, 1.165) is 0 Å². The number of rotatable bonds is 6. The second kappa shape index (κ2) is 8.34. The molecule has 0 unspecified atom stereocenters. The van der Waals surface area contributed by atoms with Crippen molar-refractivity contribution in [2.45, 2.75) is 19.6 Å². The van der Waals surface area contributed by atoms with Crippen LogP contribution in [0.3, 0.4) is 0 Å². The summed E-state index contributed by atoms with van der Waals surface area (Å²) >= 11 is 5.90. The van der Waals surface area contributed by atoms with E-state index in [0.29, 0.717) is 16.5 Å². The number of methoxy groups -OCH3 is 1. The third-order valence-corrected chi connectivity index (χ3v) is 3.53. The van der Waals surface area contributed by atoms with Gasteiger partial charge in [-0.15, -0.1) is 0 Å². The van der Waals surface area contributed by atoms with E-state index >= 15 is 0 Å². The Morgan fingerprint density at radius 3 is 2.72 bits per heavy atom. The summed E-state index contributed by atoms with van der Waals surface area (Å²) in [5.41, 5.74) is 0.0300. The Hall–Kier alpha value is -2.80. The maximum atomic E-state index is 12.2. The number of halogens is 1. The molecule has 0 radical (unpaired) electrons. The second-order valence-corrected chi connectivity index (χ2v) is 5.57. The first-order valence-electron chi connectivity index (χ1n) is 7.40. The van der Waals surface area contributed by atoms with Gasteiger partial charge in [-0.2, -0.15) is 0 Å². The first-order chi connectivity index (χ1) is 11.9. The molecular weight excluding hydrogens is 348 g/mol. The molecule has 2 rings (SSSR count). The largest absolute Gasteiger partial charge is 0.495 e. The van der Waals surface area contributed by atoms with Crippen molar-refractivity contribution >= 4 is 29.2 Å². The summed E-state index contributed by atoms with van der Waals surface area (Å²) in [5, 5.41) is 3.01. The van der Waals surface area contributed by atoms with Crippen LogP contribution < -0.4 is 15.6 Å². The summed E-state index contributed by atoms with van der Waals surface area (Å²) in [5.74, 6) is -0.824. The fourth-order valence-corrected chi connectivity index (χ4v) is 2.20. The lowest BCUT2D eigenvalue weighted by atomic mass is 10.2. The molecule has 0 fully saturated rings. The van der Waals surface area contributed by atoms with E-state index in [9.17, 15) is 14.4 Å². The van der Waals surface area contributed by atoms with Crippen LogP contribution in [0, 0.1) is 0 Å². The number of anilines is 1. The molecule has 0 saturated carbocycles. The van der Waals surface area contributed by atoms with Crippen molar-refractivity contribution in [3.8, 4) is 5.75 Å². The minimum absolute atomic E-state index is 0.280. The predicted molar refractivity (Wildman–Crippen MR) is 92.9 cm³/mol. The molecule has 132 valence electrons. The topological polar surface area (TPSA) is 86.6 Å². The average Bonchev–Trinajstić information content (AvgIpc) is 2.57. The third kappa shape index (κ3) is 5.09. The van der Waals surface area contributed by atoms with Gasteiger partial charge in [0.05, 0.1) is 12.8 Å². The van der Waals surface area contributed by atoms with E-state index in [4.69, 9.17) is 21.1 Å². The zero-order valence-electron chi connectivity index (χ0n) is 13.7. The van der Waals surface area contributed by atoms with Crippen molar-refractivity contribution in [1.29, 1.82) is 0 Å². The van der Waals surface area contributed by atoms with Gasteiger partial charge >= 0.3 is 5.97 Å². The smallest absolute Gasteiger partial charge is 0.326 e. The Labute approximate surface area is 149 Å². The minimum Gasteiger partial charge on any atom is -0.495 e. The van der Waals surface area contributed by atoms with E-state index < -0.39 is 18.0 Å². The van der Waals surface area contributed by atoms with E-state index in [1.807, 2.05) is 0 Å². The second-order valence-electron chi connectivity index (χ2n) is 5.13. The Balaban J connectivity index is 1.98. The molecule has 0 aliphatic carbocycles. The van der Waals surface area contributed by atoms with Gasteiger partial charge in [0, 0.05) is 17.3 Å². The van der Waals surface area contributed by atoms with E-state index in [1.165, 1.54) is 36.9 Å². The summed E-state index contributed by atoms with van der Waals surface area (Å²) < 4.78 is 11.4. The maximum absolute atomic E-state index is 12.2. The molecule has 1 atom stereocenters. The van der Waals surface area contributed by atoms with Crippen LogP contribution >= 0.6 is 11.6 Å². The Morgan fingerprint density at radius 1 is 1.28 bits per heavy atom. The molecule has 1 aromatic heterocycles. The standard InChI is InChI=1S/C17H17ClN2O5/c1-11(25-16(22)10-20-8-4-3-5-15(20)21)17(23)19-13-9-12(18)6-7-14(13)24-2/h3-9,11H,10H2,1-2H3,(H,19,23)/t11-/m0/s1. The number of nitrogens with one attached hydrogen (secondary N) is 1. The third-order valence-electron chi connectivity index (χ3n) is 3.30. The highest BCUT2D eigenvalue weighted by atomic mass is 35.5. The van der Waals surface area contributed by atoms with Crippen LogP contribution in [0.1, 0.15) is 6.92 Å². The molecule has 0 saturated heterocycles. The molecule has 7 nitrogen and oxygen atoms in total. The lowest BCUT2D eigenvalue weighted by molar-refractivity contribution is -0.153. The monoisotopic (exact) mass is 364 g/mol. The van der Waals surface area contributed by atoms with Crippen LogP contribution in [0.25, 0.3) is 0 Å². The molecular formula is C17H17ClN2O5. The number of esters is 1. The van der Waals surface area contributed by atoms with Crippen LogP contribution in [-0.4, -0.2) is 29.7 Å². The van der Waals surface area contributed by atoms with Gasteiger partial charge in [-0.05, 0) is 31.2 Å². The molecule has 0 aliphatic heterocycles. The van der Waals surface area contributed by atoms with Crippen LogP contribution in [-0.2, 0) is 20.9 Å². The highest BCUT2D eigenvalue weighted by Crippen LogP contribution is 2.27. The molecule has 1 aromatic carbocycles. The summed E-state index contributed by atoms with van der Waals surface area (Å²) in [6.45, 7) is 1.15. The number of ether oxygens (including phenoxy) is 2. The molecule has 0 bridgehead atoms. The van der Waals surface area contributed by atoms with Crippen molar-refractivity contribution < 1.29 is 19.1 Å². The van der Waals surface area contributed by atoms with Gasteiger partial charge in [-0.1, -0.05) is 17.7 Å². The van der Waals surface area contributed by atoms with Crippen LogP contribution in [0.4, 0.5) is 5.69 Å². The summed E-state index contributed by atoms with van der Waals surface area (Å²) in [6, 6.07) is 9.27. The number of benzene rings is 1. The number of pyridine rings is 1. The van der Waals surface area contributed by atoms with Gasteiger partial charge in [-0.3, -0.25) is 14.4 Å². The highest BCUT2D eigenvalue weighted by molar-refractivity contribution is 6.31. The van der Waals surface area contributed by atoms with Crippen molar-refractivity contribution in [1.82, 2.24) is 4.57 Å². The first-order valence-corrected chi connectivity index (χ1v) is 7.78. The summed E-state index contributed by atoms with van der Waals surface area (Å²) in [4.78, 5) is 35.7. The Kier molecular flexibility index (Phi) is 6.19. The number of nitrogens with zero attached hydrogens (tertiary/aromatic N) is 1. The molecule has 0 spiro atoms.